The van der Waals surface area contributed by atoms with E-state index in [0.717, 1.165) is 18.8 Å². The van der Waals surface area contributed by atoms with E-state index in [1.165, 1.54) is 12.8 Å². The van der Waals surface area contributed by atoms with Gasteiger partial charge in [0.25, 0.3) is 0 Å². The van der Waals surface area contributed by atoms with Crippen molar-refractivity contribution < 1.29 is 15.3 Å². The molecule has 2 aliphatic rings. The van der Waals surface area contributed by atoms with E-state index in [0.29, 0.717) is 6.04 Å². The Morgan fingerprint density at radius 2 is 1.59 bits per heavy atom. The largest absolute Gasteiger partial charge is 0.388 e. The first-order valence-corrected chi connectivity index (χ1v) is 6.56. The van der Waals surface area contributed by atoms with Crippen LogP contribution in [0.3, 0.4) is 0 Å². The second-order valence-electron chi connectivity index (χ2n) is 5.51. The Labute approximate surface area is 102 Å². The summed E-state index contributed by atoms with van der Waals surface area (Å²) >= 11 is 0. The van der Waals surface area contributed by atoms with Crippen LogP contribution in [0.15, 0.2) is 12.2 Å². The van der Waals surface area contributed by atoms with Crippen molar-refractivity contribution in [3.63, 3.8) is 0 Å². The fourth-order valence-corrected chi connectivity index (χ4v) is 2.73. The average Bonchev–Trinajstić information content (AvgIpc) is 2.33. The van der Waals surface area contributed by atoms with Gasteiger partial charge in [-0.15, -0.1) is 0 Å². The predicted octanol–water partition coefficient (Wildman–Crippen LogP) is 0.176. The van der Waals surface area contributed by atoms with Crippen LogP contribution in [0.5, 0.6) is 0 Å². The number of rotatable bonds is 2. The van der Waals surface area contributed by atoms with Crippen molar-refractivity contribution in [2.75, 3.05) is 0 Å². The molecule has 17 heavy (non-hydrogen) atoms. The summed E-state index contributed by atoms with van der Waals surface area (Å²) in [5.41, 5.74) is 0. The van der Waals surface area contributed by atoms with Crippen LogP contribution in [0, 0.1) is 5.92 Å². The predicted molar refractivity (Wildman–Crippen MR) is 65.5 cm³/mol. The third kappa shape index (κ3) is 3.07. The number of hydrogen-bond donors (Lipinski definition) is 4. The Morgan fingerprint density at radius 1 is 0.941 bits per heavy atom. The van der Waals surface area contributed by atoms with Gasteiger partial charge in [-0.2, -0.15) is 0 Å². The maximum absolute atomic E-state index is 9.87. The first-order valence-electron chi connectivity index (χ1n) is 6.56. The molecule has 4 N–H and O–H groups in total. The van der Waals surface area contributed by atoms with Gasteiger partial charge in [0, 0.05) is 6.04 Å². The van der Waals surface area contributed by atoms with E-state index in [4.69, 9.17) is 0 Å². The number of nitrogens with one attached hydrogen (secondary N) is 1. The number of aliphatic hydroxyl groups excluding tert-OH is 3. The Morgan fingerprint density at radius 3 is 2.24 bits per heavy atom. The van der Waals surface area contributed by atoms with E-state index >= 15 is 0 Å². The van der Waals surface area contributed by atoms with Gasteiger partial charge >= 0.3 is 0 Å². The van der Waals surface area contributed by atoms with Crippen LogP contribution in [-0.4, -0.2) is 45.7 Å². The molecule has 0 bridgehead atoms. The summed E-state index contributed by atoms with van der Waals surface area (Å²) in [6.45, 7) is 2.27. The number of hydrogen-bond acceptors (Lipinski definition) is 4. The first-order chi connectivity index (χ1) is 8.08. The van der Waals surface area contributed by atoms with E-state index in [1.54, 1.807) is 12.2 Å². The van der Waals surface area contributed by atoms with Gasteiger partial charge in [0.15, 0.2) is 0 Å². The third-order valence-corrected chi connectivity index (χ3v) is 4.03. The van der Waals surface area contributed by atoms with E-state index in [2.05, 4.69) is 12.2 Å². The fraction of sp³-hybridized carbons (Fsp3) is 0.846. The lowest BCUT2D eigenvalue weighted by Gasteiger charge is -2.36. The summed E-state index contributed by atoms with van der Waals surface area (Å²) in [4.78, 5) is 0. The van der Waals surface area contributed by atoms with Gasteiger partial charge in [0.2, 0.25) is 0 Å². The number of aliphatic hydroxyl groups is 3. The van der Waals surface area contributed by atoms with E-state index in [9.17, 15) is 15.3 Å². The summed E-state index contributed by atoms with van der Waals surface area (Å²) in [6, 6.07) is 0.171. The summed E-state index contributed by atoms with van der Waals surface area (Å²) < 4.78 is 0. The monoisotopic (exact) mass is 241 g/mol. The molecule has 0 amide bonds. The first kappa shape index (κ1) is 13.0. The molecule has 1 fully saturated rings. The Bertz CT molecular complexity index is 274. The van der Waals surface area contributed by atoms with E-state index < -0.39 is 18.3 Å². The molecule has 4 atom stereocenters. The van der Waals surface area contributed by atoms with Crippen LogP contribution >= 0.6 is 0 Å². The average molecular weight is 241 g/mol. The molecule has 0 unspecified atom stereocenters. The lowest BCUT2D eigenvalue weighted by Crippen LogP contribution is -2.54. The molecule has 0 aliphatic heterocycles. The second-order valence-corrected chi connectivity index (χ2v) is 5.51. The van der Waals surface area contributed by atoms with Crippen LogP contribution in [-0.2, 0) is 0 Å². The van der Waals surface area contributed by atoms with Gasteiger partial charge in [-0.05, 0) is 31.6 Å². The highest BCUT2D eigenvalue weighted by atomic mass is 16.4. The maximum atomic E-state index is 9.87. The van der Waals surface area contributed by atoms with Gasteiger partial charge in [-0.25, -0.2) is 0 Å². The highest BCUT2D eigenvalue weighted by Gasteiger charge is 2.34. The molecule has 0 aromatic carbocycles. The molecule has 0 spiro atoms. The normalized spacial score (nSPS) is 47.1. The summed E-state index contributed by atoms with van der Waals surface area (Å²) in [5.74, 6) is 0.798. The van der Waals surface area contributed by atoms with Gasteiger partial charge in [0.1, 0.15) is 18.3 Å². The smallest absolute Gasteiger partial charge is 0.111 e. The van der Waals surface area contributed by atoms with Crippen molar-refractivity contribution >= 4 is 0 Å². The molecule has 0 aromatic rings. The molecular formula is C13H23NO3. The summed E-state index contributed by atoms with van der Waals surface area (Å²) in [5, 5.41) is 32.2. The van der Waals surface area contributed by atoms with Crippen LogP contribution in [0.4, 0.5) is 0 Å². The standard InChI is InChI=1S/C13H23NO3/c1-8-2-4-9(5-3-8)14-10-6-7-11(15)13(17)12(10)16/h6-17H,2-5H2,1H3/t8?,9?,10-,11+,12+,13+/m0/s1. The maximum Gasteiger partial charge on any atom is 0.111 e. The Balaban J connectivity index is 1.88. The van der Waals surface area contributed by atoms with Gasteiger partial charge in [-0.3, -0.25) is 0 Å². The Kier molecular flexibility index (Phi) is 4.20. The fourth-order valence-electron chi connectivity index (χ4n) is 2.73. The van der Waals surface area contributed by atoms with Crippen molar-refractivity contribution in [3.05, 3.63) is 12.2 Å². The molecule has 0 saturated heterocycles. The lowest BCUT2D eigenvalue weighted by atomic mass is 9.86. The molecule has 4 nitrogen and oxygen atoms in total. The molecule has 0 aromatic heterocycles. The highest BCUT2D eigenvalue weighted by Crippen LogP contribution is 2.25. The summed E-state index contributed by atoms with van der Waals surface area (Å²) in [7, 11) is 0. The van der Waals surface area contributed by atoms with Crippen molar-refractivity contribution in [2.45, 2.75) is 63.0 Å². The molecule has 2 aliphatic carbocycles. The SMILES string of the molecule is CC1CCC(N[C@H]2C=C[C@@H](O)[C@@H](O)[C@@H]2O)CC1. The third-order valence-electron chi connectivity index (χ3n) is 4.03. The van der Waals surface area contributed by atoms with Crippen molar-refractivity contribution in [2.24, 2.45) is 5.92 Å². The van der Waals surface area contributed by atoms with Crippen LogP contribution in [0.25, 0.3) is 0 Å². The van der Waals surface area contributed by atoms with E-state index in [1.807, 2.05) is 0 Å². The molecule has 0 radical (unpaired) electrons. The molecule has 98 valence electrons. The minimum atomic E-state index is -1.08. The molecule has 1 saturated carbocycles. The zero-order valence-electron chi connectivity index (χ0n) is 10.3. The molecule has 2 rings (SSSR count). The zero-order valence-corrected chi connectivity index (χ0v) is 10.3. The molecule has 0 heterocycles. The van der Waals surface area contributed by atoms with Gasteiger partial charge < -0.3 is 20.6 Å². The zero-order chi connectivity index (χ0) is 12.4. The van der Waals surface area contributed by atoms with Crippen LogP contribution in [0.1, 0.15) is 32.6 Å². The van der Waals surface area contributed by atoms with Crippen molar-refractivity contribution in [1.29, 1.82) is 0 Å². The Hall–Kier alpha value is -0.420. The second kappa shape index (κ2) is 5.48. The van der Waals surface area contributed by atoms with Gasteiger partial charge in [0.05, 0.1) is 6.04 Å². The minimum Gasteiger partial charge on any atom is -0.388 e. The minimum absolute atomic E-state index is 0.244. The molecule has 4 heteroatoms. The van der Waals surface area contributed by atoms with Crippen LogP contribution < -0.4 is 5.32 Å². The van der Waals surface area contributed by atoms with Crippen molar-refractivity contribution in [3.8, 4) is 0 Å². The lowest BCUT2D eigenvalue weighted by molar-refractivity contribution is -0.0583. The van der Waals surface area contributed by atoms with Crippen molar-refractivity contribution in [1.82, 2.24) is 5.32 Å². The van der Waals surface area contributed by atoms with Gasteiger partial charge in [-0.1, -0.05) is 19.1 Å². The van der Waals surface area contributed by atoms with Crippen LogP contribution in [0.2, 0.25) is 0 Å². The molecular weight excluding hydrogens is 218 g/mol. The quantitative estimate of drug-likeness (QED) is 0.520. The van der Waals surface area contributed by atoms with E-state index in [-0.39, 0.29) is 6.04 Å². The highest BCUT2D eigenvalue weighted by molar-refractivity contribution is 5.11. The topological polar surface area (TPSA) is 72.7 Å². The summed E-state index contributed by atoms with van der Waals surface area (Å²) in [6.07, 6.45) is 5.04.